The number of halogens is 4. The topological polar surface area (TPSA) is 35.2 Å². The highest BCUT2D eigenvalue weighted by molar-refractivity contribution is 6.30. The number of anilines is 1. The Kier molecular flexibility index (Phi) is 3.57. The third-order valence-electron chi connectivity index (χ3n) is 2.32. The van der Waals surface area contributed by atoms with Crippen molar-refractivity contribution in [3.63, 3.8) is 0 Å². The van der Waals surface area contributed by atoms with Gasteiger partial charge in [0.1, 0.15) is 5.75 Å². The molecule has 2 N–H and O–H groups in total. The average Bonchev–Trinajstić information content (AvgIpc) is 2.25. The Labute approximate surface area is 112 Å². The van der Waals surface area contributed by atoms with E-state index in [1.165, 1.54) is 6.07 Å². The summed E-state index contributed by atoms with van der Waals surface area (Å²) in [6.45, 7) is 0. The maximum absolute atomic E-state index is 12.2. The molecule has 2 aromatic rings. The van der Waals surface area contributed by atoms with E-state index in [4.69, 9.17) is 17.3 Å². The van der Waals surface area contributed by atoms with Gasteiger partial charge >= 0.3 is 6.36 Å². The lowest BCUT2D eigenvalue weighted by Gasteiger charge is -2.11. The summed E-state index contributed by atoms with van der Waals surface area (Å²) in [4.78, 5) is 0. The number of rotatable bonds is 2. The molecule has 0 fully saturated rings. The average molecular weight is 288 g/mol. The Morgan fingerprint density at radius 3 is 2.37 bits per heavy atom. The summed E-state index contributed by atoms with van der Waals surface area (Å²) in [6, 6.07) is 10.6. The molecular formula is C13H9ClF3NO. The summed E-state index contributed by atoms with van der Waals surface area (Å²) in [6.07, 6.45) is -4.75. The van der Waals surface area contributed by atoms with Gasteiger partial charge < -0.3 is 10.5 Å². The Hall–Kier alpha value is -1.88. The number of nitrogens with two attached hydrogens (primary N) is 1. The van der Waals surface area contributed by atoms with Crippen LogP contribution in [0, 0.1) is 0 Å². The molecule has 2 aromatic carbocycles. The molecule has 0 aliphatic rings. The summed E-state index contributed by atoms with van der Waals surface area (Å²) in [5.41, 5.74) is 6.91. The van der Waals surface area contributed by atoms with Crippen molar-refractivity contribution in [2.75, 3.05) is 5.73 Å². The molecule has 0 saturated carbocycles. The van der Waals surface area contributed by atoms with E-state index >= 15 is 0 Å². The Morgan fingerprint density at radius 1 is 1.00 bits per heavy atom. The number of hydrogen-bond acceptors (Lipinski definition) is 2. The second-order valence-electron chi connectivity index (χ2n) is 3.85. The minimum Gasteiger partial charge on any atom is -0.406 e. The highest BCUT2D eigenvalue weighted by Gasteiger charge is 2.31. The van der Waals surface area contributed by atoms with Crippen molar-refractivity contribution in [2.24, 2.45) is 0 Å². The zero-order chi connectivity index (χ0) is 14.0. The molecule has 0 spiro atoms. The number of benzene rings is 2. The maximum atomic E-state index is 12.2. The lowest BCUT2D eigenvalue weighted by atomic mass is 10.0. The van der Waals surface area contributed by atoms with Gasteiger partial charge in [-0.05, 0) is 35.4 Å². The van der Waals surface area contributed by atoms with E-state index in [9.17, 15) is 13.2 Å². The van der Waals surface area contributed by atoms with Crippen molar-refractivity contribution in [3.8, 4) is 16.9 Å². The van der Waals surface area contributed by atoms with Gasteiger partial charge in [0.2, 0.25) is 0 Å². The SMILES string of the molecule is Nc1cc(OC(F)(F)F)cc(-c2cccc(Cl)c2)c1. The van der Waals surface area contributed by atoms with E-state index in [2.05, 4.69) is 4.74 Å². The van der Waals surface area contributed by atoms with Crippen molar-refractivity contribution < 1.29 is 17.9 Å². The molecule has 100 valence electrons. The third-order valence-corrected chi connectivity index (χ3v) is 2.56. The second-order valence-corrected chi connectivity index (χ2v) is 4.29. The monoisotopic (exact) mass is 287 g/mol. The summed E-state index contributed by atoms with van der Waals surface area (Å²) in [5, 5.41) is 0.484. The first kappa shape index (κ1) is 13.5. The van der Waals surface area contributed by atoms with Gasteiger partial charge in [-0.3, -0.25) is 0 Å². The molecule has 2 nitrogen and oxygen atoms in total. The van der Waals surface area contributed by atoms with Gasteiger partial charge in [0.05, 0.1) is 0 Å². The Balaban J connectivity index is 2.42. The van der Waals surface area contributed by atoms with Gasteiger partial charge in [-0.1, -0.05) is 23.7 Å². The van der Waals surface area contributed by atoms with E-state index in [-0.39, 0.29) is 11.4 Å². The lowest BCUT2D eigenvalue weighted by Crippen LogP contribution is -2.17. The van der Waals surface area contributed by atoms with Gasteiger partial charge in [0.25, 0.3) is 0 Å². The molecule has 0 aliphatic carbocycles. The van der Waals surface area contributed by atoms with E-state index in [0.29, 0.717) is 16.1 Å². The van der Waals surface area contributed by atoms with Crippen LogP contribution in [-0.4, -0.2) is 6.36 Å². The van der Waals surface area contributed by atoms with Crippen LogP contribution in [0.25, 0.3) is 11.1 Å². The van der Waals surface area contributed by atoms with E-state index in [1.807, 2.05) is 0 Å². The summed E-state index contributed by atoms with van der Waals surface area (Å²) < 4.78 is 40.4. The quantitative estimate of drug-likeness (QED) is 0.826. The minimum absolute atomic E-state index is 0.178. The second kappa shape index (κ2) is 5.01. The predicted octanol–water partition coefficient (Wildman–Crippen LogP) is 4.49. The normalized spacial score (nSPS) is 11.4. The van der Waals surface area contributed by atoms with Gasteiger partial charge in [-0.25, -0.2) is 0 Å². The summed E-state index contributed by atoms with van der Waals surface area (Å²) in [5.74, 6) is -0.359. The van der Waals surface area contributed by atoms with Gasteiger partial charge in [0.15, 0.2) is 0 Å². The van der Waals surface area contributed by atoms with Crippen molar-refractivity contribution >= 4 is 17.3 Å². The van der Waals surface area contributed by atoms with Crippen LogP contribution in [0.5, 0.6) is 5.75 Å². The molecule has 6 heteroatoms. The highest BCUT2D eigenvalue weighted by atomic mass is 35.5. The van der Waals surface area contributed by atoms with Crippen molar-refractivity contribution in [2.45, 2.75) is 6.36 Å². The molecule has 2 rings (SSSR count). The summed E-state index contributed by atoms with van der Waals surface area (Å²) >= 11 is 5.84. The first-order valence-corrected chi connectivity index (χ1v) is 5.63. The maximum Gasteiger partial charge on any atom is 0.573 e. The summed E-state index contributed by atoms with van der Waals surface area (Å²) in [7, 11) is 0. The van der Waals surface area contributed by atoms with Crippen LogP contribution in [-0.2, 0) is 0 Å². The standard InChI is InChI=1S/C13H9ClF3NO/c14-10-3-1-2-8(4-10)9-5-11(18)7-12(6-9)19-13(15,16)17/h1-7H,18H2. The molecule has 0 heterocycles. The Morgan fingerprint density at radius 2 is 1.74 bits per heavy atom. The number of ether oxygens (including phenoxy) is 1. The Bertz CT molecular complexity index is 599. The predicted molar refractivity (Wildman–Crippen MR) is 68.0 cm³/mol. The van der Waals surface area contributed by atoms with Crippen LogP contribution in [0.1, 0.15) is 0 Å². The molecular weight excluding hydrogens is 279 g/mol. The van der Waals surface area contributed by atoms with Crippen LogP contribution in [0.3, 0.4) is 0 Å². The fraction of sp³-hybridized carbons (Fsp3) is 0.0769. The fourth-order valence-electron chi connectivity index (χ4n) is 1.65. The van der Waals surface area contributed by atoms with Crippen LogP contribution in [0.2, 0.25) is 5.02 Å². The third kappa shape index (κ3) is 3.79. The lowest BCUT2D eigenvalue weighted by molar-refractivity contribution is -0.274. The van der Waals surface area contributed by atoms with Gasteiger partial charge in [0, 0.05) is 16.8 Å². The zero-order valence-corrected chi connectivity index (χ0v) is 10.3. The van der Waals surface area contributed by atoms with Crippen LogP contribution in [0.15, 0.2) is 42.5 Å². The molecule has 19 heavy (non-hydrogen) atoms. The largest absolute Gasteiger partial charge is 0.573 e. The van der Waals surface area contributed by atoms with Crippen LogP contribution in [0.4, 0.5) is 18.9 Å². The van der Waals surface area contributed by atoms with E-state index in [0.717, 1.165) is 6.07 Å². The molecule has 0 amide bonds. The molecule has 0 atom stereocenters. The zero-order valence-electron chi connectivity index (χ0n) is 9.54. The first-order valence-electron chi connectivity index (χ1n) is 5.26. The number of alkyl halides is 3. The van der Waals surface area contributed by atoms with E-state index < -0.39 is 6.36 Å². The molecule has 0 aliphatic heterocycles. The molecule has 0 aromatic heterocycles. The number of nitrogen functional groups attached to an aromatic ring is 1. The smallest absolute Gasteiger partial charge is 0.406 e. The van der Waals surface area contributed by atoms with Gasteiger partial charge in [-0.2, -0.15) is 0 Å². The van der Waals surface area contributed by atoms with Crippen LogP contribution < -0.4 is 10.5 Å². The fourth-order valence-corrected chi connectivity index (χ4v) is 1.84. The molecule has 0 bridgehead atoms. The van der Waals surface area contributed by atoms with Crippen molar-refractivity contribution in [1.82, 2.24) is 0 Å². The molecule has 0 saturated heterocycles. The molecule has 0 unspecified atom stereocenters. The highest BCUT2D eigenvalue weighted by Crippen LogP contribution is 2.31. The van der Waals surface area contributed by atoms with Crippen molar-refractivity contribution in [1.29, 1.82) is 0 Å². The number of hydrogen-bond donors (Lipinski definition) is 1. The minimum atomic E-state index is -4.75. The van der Waals surface area contributed by atoms with E-state index in [1.54, 1.807) is 30.3 Å². The molecule has 0 radical (unpaired) electrons. The van der Waals surface area contributed by atoms with Gasteiger partial charge in [-0.15, -0.1) is 13.2 Å². The van der Waals surface area contributed by atoms with Crippen LogP contribution >= 0.6 is 11.6 Å². The van der Waals surface area contributed by atoms with Crippen molar-refractivity contribution in [3.05, 3.63) is 47.5 Å². The first-order chi connectivity index (χ1) is 8.83.